The van der Waals surface area contributed by atoms with E-state index in [1.54, 1.807) is 12.1 Å². The van der Waals surface area contributed by atoms with Gasteiger partial charge >= 0.3 is 12.0 Å². The summed E-state index contributed by atoms with van der Waals surface area (Å²) in [5.41, 5.74) is 0.352. The lowest BCUT2D eigenvalue weighted by Gasteiger charge is -2.21. The number of nitrogens with one attached hydrogen (secondary N) is 1. The standard InChI is InChI=1S/C16H23N3O4/c1-16(2,3)23-13-6-4-5-12(18-13)9-17-15(22)19-8-7-11(10-19)14(20)21/h4-6,11H,7-10H2,1-3H3,(H,17,22)(H,20,21). The first kappa shape index (κ1) is 17.1. The van der Waals surface area contributed by atoms with Gasteiger partial charge in [-0.25, -0.2) is 9.78 Å². The van der Waals surface area contributed by atoms with E-state index in [1.165, 1.54) is 4.90 Å². The molecule has 0 aromatic carbocycles. The Hall–Kier alpha value is -2.31. The molecule has 2 heterocycles. The predicted octanol–water partition coefficient (Wildman–Crippen LogP) is 1.88. The summed E-state index contributed by atoms with van der Waals surface area (Å²) >= 11 is 0. The minimum absolute atomic E-state index is 0.252. The van der Waals surface area contributed by atoms with Gasteiger partial charge < -0.3 is 20.1 Å². The summed E-state index contributed by atoms with van der Waals surface area (Å²) in [7, 11) is 0. The first-order valence-corrected chi connectivity index (χ1v) is 7.65. The van der Waals surface area contributed by atoms with Gasteiger partial charge in [-0.2, -0.15) is 0 Å². The zero-order chi connectivity index (χ0) is 17.0. The van der Waals surface area contributed by atoms with Crippen molar-refractivity contribution in [2.45, 2.75) is 39.3 Å². The fourth-order valence-electron chi connectivity index (χ4n) is 2.35. The van der Waals surface area contributed by atoms with E-state index in [0.717, 1.165) is 0 Å². The van der Waals surface area contributed by atoms with Crippen molar-refractivity contribution in [1.82, 2.24) is 15.2 Å². The number of aromatic nitrogens is 1. The predicted molar refractivity (Wildman–Crippen MR) is 84.2 cm³/mol. The molecule has 1 unspecified atom stereocenters. The van der Waals surface area contributed by atoms with E-state index >= 15 is 0 Å². The molecule has 1 aromatic heterocycles. The highest BCUT2D eigenvalue weighted by molar-refractivity contribution is 5.77. The van der Waals surface area contributed by atoms with E-state index < -0.39 is 11.9 Å². The number of urea groups is 1. The molecule has 1 aliphatic rings. The maximum atomic E-state index is 12.1. The SMILES string of the molecule is CC(C)(C)Oc1cccc(CNC(=O)N2CCC(C(=O)O)C2)n1. The highest BCUT2D eigenvalue weighted by atomic mass is 16.5. The van der Waals surface area contributed by atoms with Gasteiger partial charge in [0.2, 0.25) is 5.88 Å². The van der Waals surface area contributed by atoms with Crippen LogP contribution < -0.4 is 10.1 Å². The van der Waals surface area contributed by atoms with Gasteiger partial charge in [0.25, 0.3) is 0 Å². The first-order chi connectivity index (χ1) is 10.7. The summed E-state index contributed by atoms with van der Waals surface area (Å²) in [5, 5.41) is 11.7. The molecule has 2 N–H and O–H groups in total. The largest absolute Gasteiger partial charge is 0.481 e. The summed E-state index contributed by atoms with van der Waals surface area (Å²) in [6, 6.07) is 5.14. The third-order valence-corrected chi connectivity index (χ3v) is 3.44. The van der Waals surface area contributed by atoms with Gasteiger partial charge in [-0.05, 0) is 33.3 Å². The molecule has 2 rings (SSSR count). The van der Waals surface area contributed by atoms with Crippen molar-refractivity contribution in [3.63, 3.8) is 0 Å². The highest BCUT2D eigenvalue weighted by Gasteiger charge is 2.30. The van der Waals surface area contributed by atoms with E-state index in [2.05, 4.69) is 10.3 Å². The smallest absolute Gasteiger partial charge is 0.317 e. The van der Waals surface area contributed by atoms with Gasteiger partial charge in [0.1, 0.15) is 5.60 Å². The second-order valence-corrected chi connectivity index (χ2v) is 6.61. The average molecular weight is 321 g/mol. The quantitative estimate of drug-likeness (QED) is 0.883. The van der Waals surface area contributed by atoms with Crippen molar-refractivity contribution in [1.29, 1.82) is 0 Å². The van der Waals surface area contributed by atoms with E-state index in [-0.39, 0.29) is 24.7 Å². The molecule has 0 bridgehead atoms. The second kappa shape index (κ2) is 6.85. The maximum Gasteiger partial charge on any atom is 0.317 e. The number of rotatable bonds is 4. The summed E-state index contributed by atoms with van der Waals surface area (Å²) in [6.45, 7) is 6.81. The zero-order valence-corrected chi connectivity index (χ0v) is 13.7. The lowest BCUT2D eigenvalue weighted by molar-refractivity contribution is -0.141. The Labute approximate surface area is 135 Å². The fraction of sp³-hybridized carbons (Fsp3) is 0.562. The van der Waals surface area contributed by atoms with Crippen LogP contribution in [0.3, 0.4) is 0 Å². The number of carbonyl (C=O) groups excluding carboxylic acids is 1. The van der Waals surface area contributed by atoms with Crippen molar-refractivity contribution in [2.75, 3.05) is 13.1 Å². The maximum absolute atomic E-state index is 12.1. The molecule has 23 heavy (non-hydrogen) atoms. The minimum atomic E-state index is -0.853. The Bertz CT molecular complexity index is 583. The molecular formula is C16H23N3O4. The van der Waals surface area contributed by atoms with Crippen LogP contribution in [0.5, 0.6) is 5.88 Å². The van der Waals surface area contributed by atoms with Gasteiger partial charge in [-0.15, -0.1) is 0 Å². The van der Waals surface area contributed by atoms with Crippen LogP contribution in [-0.2, 0) is 11.3 Å². The number of ether oxygens (including phenoxy) is 1. The molecule has 2 amide bonds. The van der Waals surface area contributed by atoms with Gasteiger partial charge in [-0.3, -0.25) is 4.79 Å². The molecule has 0 radical (unpaired) electrons. The Kier molecular flexibility index (Phi) is 5.08. The molecule has 1 atom stereocenters. The number of carboxylic acids is 1. The van der Waals surface area contributed by atoms with Crippen LogP contribution in [0.4, 0.5) is 4.79 Å². The Morgan fingerprint density at radius 2 is 2.17 bits per heavy atom. The number of amides is 2. The second-order valence-electron chi connectivity index (χ2n) is 6.61. The van der Waals surface area contributed by atoms with Gasteiger partial charge in [0.05, 0.1) is 18.2 Å². The van der Waals surface area contributed by atoms with E-state index in [4.69, 9.17) is 9.84 Å². The number of nitrogens with zero attached hydrogens (tertiary/aromatic N) is 2. The number of aliphatic carboxylic acids is 1. The summed E-state index contributed by atoms with van der Waals surface area (Å²) in [4.78, 5) is 28.9. The van der Waals surface area contributed by atoms with Crippen molar-refractivity contribution >= 4 is 12.0 Å². The summed E-state index contributed by atoms with van der Waals surface area (Å²) in [5.74, 6) is -0.812. The van der Waals surface area contributed by atoms with Crippen LogP contribution in [0, 0.1) is 5.92 Å². The lowest BCUT2D eigenvalue weighted by atomic mass is 10.1. The van der Waals surface area contributed by atoms with Crippen LogP contribution in [0.15, 0.2) is 18.2 Å². The van der Waals surface area contributed by atoms with Crippen LogP contribution >= 0.6 is 0 Å². The molecule has 1 fully saturated rings. The van der Waals surface area contributed by atoms with Gasteiger partial charge in [0, 0.05) is 19.2 Å². The molecular weight excluding hydrogens is 298 g/mol. The third-order valence-electron chi connectivity index (χ3n) is 3.44. The Morgan fingerprint density at radius 3 is 2.78 bits per heavy atom. The molecule has 1 saturated heterocycles. The molecule has 126 valence electrons. The van der Waals surface area contributed by atoms with Crippen molar-refractivity contribution < 1.29 is 19.4 Å². The average Bonchev–Trinajstić information content (AvgIpc) is 2.93. The molecule has 0 saturated carbocycles. The molecule has 1 aromatic rings. The van der Waals surface area contributed by atoms with Gasteiger partial charge in [0.15, 0.2) is 0 Å². The normalized spacial score (nSPS) is 17.9. The number of carbonyl (C=O) groups is 2. The monoisotopic (exact) mass is 321 g/mol. The number of hydrogen-bond donors (Lipinski definition) is 2. The molecule has 7 heteroatoms. The number of carboxylic acid groups (broad SMARTS) is 1. The number of pyridine rings is 1. The van der Waals surface area contributed by atoms with E-state index in [0.29, 0.717) is 24.5 Å². The fourth-order valence-corrected chi connectivity index (χ4v) is 2.35. The Balaban J connectivity index is 1.87. The van der Waals surface area contributed by atoms with Crippen molar-refractivity contribution in [3.8, 4) is 5.88 Å². The minimum Gasteiger partial charge on any atom is -0.481 e. The van der Waals surface area contributed by atoms with Crippen LogP contribution in [-0.4, -0.2) is 45.7 Å². The zero-order valence-electron chi connectivity index (χ0n) is 13.7. The third kappa shape index (κ3) is 5.12. The van der Waals surface area contributed by atoms with Crippen molar-refractivity contribution in [2.24, 2.45) is 5.92 Å². The number of hydrogen-bond acceptors (Lipinski definition) is 4. The van der Waals surface area contributed by atoms with E-state index in [9.17, 15) is 9.59 Å². The van der Waals surface area contributed by atoms with Crippen LogP contribution in [0.2, 0.25) is 0 Å². The number of likely N-dealkylation sites (tertiary alicyclic amines) is 1. The summed E-state index contributed by atoms with van der Waals surface area (Å²) < 4.78 is 5.69. The molecule has 0 aliphatic carbocycles. The molecule has 0 spiro atoms. The van der Waals surface area contributed by atoms with Gasteiger partial charge in [-0.1, -0.05) is 6.07 Å². The lowest BCUT2D eigenvalue weighted by Crippen LogP contribution is -2.38. The molecule has 7 nitrogen and oxygen atoms in total. The molecule has 1 aliphatic heterocycles. The summed E-state index contributed by atoms with van der Waals surface area (Å²) in [6.07, 6.45) is 0.496. The van der Waals surface area contributed by atoms with E-state index in [1.807, 2.05) is 26.8 Å². The Morgan fingerprint density at radius 1 is 1.43 bits per heavy atom. The van der Waals surface area contributed by atoms with Crippen LogP contribution in [0.25, 0.3) is 0 Å². The highest BCUT2D eigenvalue weighted by Crippen LogP contribution is 2.17. The first-order valence-electron chi connectivity index (χ1n) is 7.65. The topological polar surface area (TPSA) is 91.8 Å². The van der Waals surface area contributed by atoms with Crippen LogP contribution in [0.1, 0.15) is 32.9 Å². The van der Waals surface area contributed by atoms with Crippen molar-refractivity contribution in [3.05, 3.63) is 23.9 Å².